The highest BCUT2D eigenvalue weighted by atomic mass is 16.5. The first-order chi connectivity index (χ1) is 11.3. The number of rotatable bonds is 6. The predicted molar refractivity (Wildman–Crippen MR) is 91.6 cm³/mol. The molecule has 2 aromatic rings. The van der Waals surface area contributed by atoms with E-state index < -0.39 is 0 Å². The number of nitrogens with two attached hydrogens (primary N) is 1. The monoisotopic (exact) mass is 312 g/mol. The van der Waals surface area contributed by atoms with E-state index in [1.807, 2.05) is 42.5 Å². The molecular weight excluding hydrogens is 288 g/mol. The van der Waals surface area contributed by atoms with E-state index in [2.05, 4.69) is 17.0 Å². The van der Waals surface area contributed by atoms with Crippen LogP contribution in [0.5, 0.6) is 11.5 Å². The fourth-order valence-corrected chi connectivity index (χ4v) is 2.83. The molecule has 0 aromatic heterocycles. The van der Waals surface area contributed by atoms with Crippen molar-refractivity contribution >= 4 is 0 Å². The minimum Gasteiger partial charge on any atom is -0.457 e. The summed E-state index contributed by atoms with van der Waals surface area (Å²) in [4.78, 5) is 2.43. The van der Waals surface area contributed by atoms with Crippen LogP contribution in [0.4, 0.5) is 0 Å². The summed E-state index contributed by atoms with van der Waals surface area (Å²) in [7, 11) is 0. The van der Waals surface area contributed by atoms with Crippen LogP contribution >= 0.6 is 0 Å². The third-order valence-electron chi connectivity index (χ3n) is 4.02. The van der Waals surface area contributed by atoms with Crippen molar-refractivity contribution in [2.45, 2.75) is 19.1 Å². The minimum absolute atomic E-state index is 0.273. The molecule has 0 amide bonds. The molecule has 4 heteroatoms. The Bertz CT molecular complexity index is 584. The van der Waals surface area contributed by atoms with Crippen molar-refractivity contribution in [1.82, 2.24) is 4.90 Å². The van der Waals surface area contributed by atoms with Gasteiger partial charge in [-0.15, -0.1) is 0 Å². The Morgan fingerprint density at radius 2 is 1.78 bits per heavy atom. The van der Waals surface area contributed by atoms with Gasteiger partial charge in [0.25, 0.3) is 0 Å². The molecule has 1 atom stereocenters. The summed E-state index contributed by atoms with van der Waals surface area (Å²) < 4.78 is 11.6. The maximum absolute atomic E-state index is 5.82. The first kappa shape index (κ1) is 16.0. The molecule has 1 aliphatic heterocycles. The second-order valence-corrected chi connectivity index (χ2v) is 5.86. The molecule has 1 saturated heterocycles. The number of para-hydroxylation sites is 1. The van der Waals surface area contributed by atoms with Crippen LogP contribution in [-0.2, 0) is 11.3 Å². The van der Waals surface area contributed by atoms with E-state index in [1.54, 1.807) is 0 Å². The molecular formula is C19H24N2O2. The van der Waals surface area contributed by atoms with Crippen LogP contribution in [0.25, 0.3) is 0 Å². The SMILES string of the molecule is NCCC1CN(Cc2ccc(Oc3ccccc3)cc2)CCO1. The lowest BCUT2D eigenvalue weighted by molar-refractivity contribution is -0.0335. The van der Waals surface area contributed by atoms with Gasteiger partial charge in [-0.3, -0.25) is 4.90 Å². The van der Waals surface area contributed by atoms with E-state index in [-0.39, 0.29) is 6.10 Å². The van der Waals surface area contributed by atoms with E-state index in [4.69, 9.17) is 15.2 Å². The average Bonchev–Trinajstić information content (AvgIpc) is 2.58. The Labute approximate surface area is 137 Å². The van der Waals surface area contributed by atoms with Crippen molar-refractivity contribution in [3.05, 3.63) is 60.2 Å². The lowest BCUT2D eigenvalue weighted by atomic mass is 10.1. The summed E-state index contributed by atoms with van der Waals surface area (Å²) in [5.41, 5.74) is 6.92. The fraction of sp³-hybridized carbons (Fsp3) is 0.368. The first-order valence-electron chi connectivity index (χ1n) is 8.19. The smallest absolute Gasteiger partial charge is 0.127 e. The molecule has 2 aromatic carbocycles. The van der Waals surface area contributed by atoms with E-state index >= 15 is 0 Å². The second-order valence-electron chi connectivity index (χ2n) is 5.86. The van der Waals surface area contributed by atoms with Crippen molar-refractivity contribution in [3.8, 4) is 11.5 Å². The molecule has 1 unspecified atom stereocenters. The molecule has 1 aliphatic rings. The summed E-state index contributed by atoms with van der Waals surface area (Å²) >= 11 is 0. The molecule has 122 valence electrons. The molecule has 0 saturated carbocycles. The van der Waals surface area contributed by atoms with Crippen LogP contribution in [0.2, 0.25) is 0 Å². The quantitative estimate of drug-likeness (QED) is 0.890. The van der Waals surface area contributed by atoms with Gasteiger partial charge in [0.15, 0.2) is 0 Å². The largest absolute Gasteiger partial charge is 0.457 e. The summed E-state index contributed by atoms with van der Waals surface area (Å²) in [5.74, 6) is 1.72. The van der Waals surface area contributed by atoms with Crippen molar-refractivity contribution in [2.24, 2.45) is 5.73 Å². The third kappa shape index (κ3) is 4.79. The maximum Gasteiger partial charge on any atom is 0.127 e. The normalized spacial score (nSPS) is 18.7. The summed E-state index contributed by atoms with van der Waals surface area (Å²) in [6.45, 7) is 4.35. The summed E-state index contributed by atoms with van der Waals surface area (Å²) in [5, 5.41) is 0. The Hall–Kier alpha value is -1.88. The fourth-order valence-electron chi connectivity index (χ4n) is 2.83. The molecule has 1 fully saturated rings. The molecule has 0 bridgehead atoms. The van der Waals surface area contributed by atoms with E-state index in [1.165, 1.54) is 5.56 Å². The second kappa shape index (κ2) is 8.11. The van der Waals surface area contributed by atoms with E-state index in [0.29, 0.717) is 6.54 Å². The molecule has 4 nitrogen and oxygen atoms in total. The summed E-state index contributed by atoms with van der Waals surface area (Å²) in [6.07, 6.45) is 1.20. The van der Waals surface area contributed by atoms with Crippen LogP contribution < -0.4 is 10.5 Å². The van der Waals surface area contributed by atoms with Gasteiger partial charge in [0, 0.05) is 19.6 Å². The number of benzene rings is 2. The Kier molecular flexibility index (Phi) is 5.64. The first-order valence-corrected chi connectivity index (χ1v) is 8.19. The zero-order valence-corrected chi connectivity index (χ0v) is 13.4. The molecule has 0 spiro atoms. The van der Waals surface area contributed by atoms with Gasteiger partial charge < -0.3 is 15.2 Å². The van der Waals surface area contributed by atoms with Crippen molar-refractivity contribution in [3.63, 3.8) is 0 Å². The van der Waals surface area contributed by atoms with Crippen LogP contribution in [0.15, 0.2) is 54.6 Å². The third-order valence-corrected chi connectivity index (χ3v) is 4.02. The van der Waals surface area contributed by atoms with E-state index in [0.717, 1.165) is 44.2 Å². The predicted octanol–water partition coefficient (Wildman–Crippen LogP) is 3.03. The number of nitrogens with zero attached hydrogens (tertiary/aromatic N) is 1. The number of hydrogen-bond acceptors (Lipinski definition) is 4. The molecule has 2 N–H and O–H groups in total. The van der Waals surface area contributed by atoms with Gasteiger partial charge in [-0.1, -0.05) is 30.3 Å². The minimum atomic E-state index is 0.273. The van der Waals surface area contributed by atoms with Crippen molar-refractivity contribution < 1.29 is 9.47 Å². The molecule has 23 heavy (non-hydrogen) atoms. The maximum atomic E-state index is 5.82. The van der Waals surface area contributed by atoms with E-state index in [9.17, 15) is 0 Å². The Morgan fingerprint density at radius 3 is 2.52 bits per heavy atom. The number of ether oxygens (including phenoxy) is 2. The van der Waals surface area contributed by atoms with Gasteiger partial charge in [-0.2, -0.15) is 0 Å². The molecule has 3 rings (SSSR count). The van der Waals surface area contributed by atoms with Crippen LogP contribution in [0, 0.1) is 0 Å². The van der Waals surface area contributed by atoms with Crippen LogP contribution in [-0.4, -0.2) is 37.2 Å². The molecule has 0 aliphatic carbocycles. The Balaban J connectivity index is 1.55. The highest BCUT2D eigenvalue weighted by molar-refractivity contribution is 5.32. The van der Waals surface area contributed by atoms with Gasteiger partial charge in [-0.05, 0) is 42.8 Å². The zero-order valence-electron chi connectivity index (χ0n) is 13.4. The van der Waals surface area contributed by atoms with Crippen LogP contribution in [0.1, 0.15) is 12.0 Å². The van der Waals surface area contributed by atoms with Crippen molar-refractivity contribution in [1.29, 1.82) is 0 Å². The summed E-state index contributed by atoms with van der Waals surface area (Å²) in [6, 6.07) is 18.2. The van der Waals surface area contributed by atoms with Gasteiger partial charge >= 0.3 is 0 Å². The molecule has 1 heterocycles. The Morgan fingerprint density at radius 1 is 1.04 bits per heavy atom. The highest BCUT2D eigenvalue weighted by Crippen LogP contribution is 2.22. The number of morpholine rings is 1. The van der Waals surface area contributed by atoms with Gasteiger partial charge in [-0.25, -0.2) is 0 Å². The van der Waals surface area contributed by atoms with Gasteiger partial charge in [0.2, 0.25) is 0 Å². The highest BCUT2D eigenvalue weighted by Gasteiger charge is 2.19. The number of hydrogen-bond donors (Lipinski definition) is 1. The van der Waals surface area contributed by atoms with Gasteiger partial charge in [0.1, 0.15) is 11.5 Å². The topological polar surface area (TPSA) is 47.7 Å². The van der Waals surface area contributed by atoms with Crippen molar-refractivity contribution in [2.75, 3.05) is 26.2 Å². The van der Waals surface area contributed by atoms with Crippen LogP contribution in [0.3, 0.4) is 0 Å². The lowest BCUT2D eigenvalue weighted by Gasteiger charge is -2.32. The average molecular weight is 312 g/mol. The lowest BCUT2D eigenvalue weighted by Crippen LogP contribution is -2.42. The zero-order chi connectivity index (χ0) is 15.9. The molecule has 0 radical (unpaired) electrons. The standard InChI is InChI=1S/C19H24N2O2/c20-11-10-19-15-21(12-13-22-19)14-16-6-8-18(9-7-16)23-17-4-2-1-3-5-17/h1-9,19H,10-15,20H2. The van der Waals surface area contributed by atoms with Gasteiger partial charge in [0.05, 0.1) is 12.7 Å².